The van der Waals surface area contributed by atoms with Gasteiger partial charge in [0.25, 0.3) is 0 Å². The second kappa shape index (κ2) is 6.19. The van der Waals surface area contributed by atoms with E-state index in [0.29, 0.717) is 6.42 Å². The van der Waals surface area contributed by atoms with Crippen molar-refractivity contribution in [1.29, 1.82) is 0 Å². The number of nitrogens with zero attached hydrogens (tertiary/aromatic N) is 1. The van der Waals surface area contributed by atoms with Crippen LogP contribution in [-0.2, 0) is 16.8 Å². The molecule has 0 radical (unpaired) electrons. The fraction of sp³-hybridized carbons (Fsp3) is 0.368. The first kappa shape index (κ1) is 17.5. The number of primary amides is 1. The smallest absolute Gasteiger partial charge is 0.405 e. The third-order valence-electron chi connectivity index (χ3n) is 4.57. The molecule has 0 aliphatic rings. The Bertz CT molecular complexity index is 907. The van der Waals surface area contributed by atoms with Gasteiger partial charge in [0.1, 0.15) is 5.01 Å². The summed E-state index contributed by atoms with van der Waals surface area (Å²) in [5.41, 5.74) is 7.15. The van der Waals surface area contributed by atoms with Gasteiger partial charge in [0.2, 0.25) is 0 Å². The van der Waals surface area contributed by atoms with Gasteiger partial charge in [-0.15, -0.1) is 11.3 Å². The van der Waals surface area contributed by atoms with Crippen molar-refractivity contribution in [3.63, 3.8) is 0 Å². The molecule has 0 spiro atoms. The molecule has 0 saturated heterocycles. The lowest BCUT2D eigenvalue weighted by molar-refractivity contribution is -0.0708. The van der Waals surface area contributed by atoms with Crippen LogP contribution >= 0.6 is 11.3 Å². The number of aryl methyl sites for hydroxylation is 1. The zero-order valence-corrected chi connectivity index (χ0v) is 15.7. The van der Waals surface area contributed by atoms with Gasteiger partial charge in [0.05, 0.1) is 0 Å². The maximum atomic E-state index is 11.8. The van der Waals surface area contributed by atoms with Gasteiger partial charge < -0.3 is 15.5 Å². The summed E-state index contributed by atoms with van der Waals surface area (Å²) in [5, 5.41) is 3.84. The topological polar surface area (TPSA) is 81.0 Å². The maximum absolute atomic E-state index is 11.8. The first-order valence-electron chi connectivity index (χ1n) is 8.19. The normalized spacial score (nSPS) is 14.4. The van der Waals surface area contributed by atoms with Crippen molar-refractivity contribution in [2.45, 2.75) is 39.7 Å². The molecule has 1 amide bonds. The average molecular weight is 357 g/mol. The summed E-state index contributed by atoms with van der Waals surface area (Å²) >= 11 is 1.50. The number of benzene rings is 1. The fourth-order valence-corrected chi connectivity index (χ4v) is 4.29. The predicted octanol–water partition coefficient (Wildman–Crippen LogP) is 4.51. The highest BCUT2D eigenvalue weighted by Gasteiger charge is 2.49. The number of amides is 1. The van der Waals surface area contributed by atoms with E-state index in [1.165, 1.54) is 11.3 Å². The summed E-state index contributed by atoms with van der Waals surface area (Å²) in [4.78, 5) is 19.7. The molecule has 2 aromatic heterocycles. The van der Waals surface area contributed by atoms with Crippen LogP contribution in [0.4, 0.5) is 4.79 Å². The van der Waals surface area contributed by atoms with Crippen LogP contribution in [-0.4, -0.2) is 16.1 Å². The van der Waals surface area contributed by atoms with Crippen molar-refractivity contribution in [3.05, 3.63) is 52.1 Å². The van der Waals surface area contributed by atoms with Crippen LogP contribution in [0.1, 0.15) is 37.0 Å². The molecule has 0 aliphatic carbocycles. The second-order valence-corrected chi connectivity index (χ2v) is 8.19. The van der Waals surface area contributed by atoms with Crippen molar-refractivity contribution in [2.24, 2.45) is 11.1 Å². The molecule has 25 heavy (non-hydrogen) atoms. The minimum atomic E-state index is -0.942. The molecule has 3 aromatic rings. The Balaban J connectivity index is 2.17. The summed E-state index contributed by atoms with van der Waals surface area (Å²) in [6.45, 7) is 8.06. The number of aromatic amines is 1. The van der Waals surface area contributed by atoms with Crippen LogP contribution in [0, 0.1) is 12.3 Å². The lowest BCUT2D eigenvalue weighted by atomic mass is 9.73. The van der Waals surface area contributed by atoms with Gasteiger partial charge in [0, 0.05) is 40.0 Å². The van der Waals surface area contributed by atoms with Gasteiger partial charge in [-0.25, -0.2) is 9.78 Å². The van der Waals surface area contributed by atoms with Crippen molar-refractivity contribution >= 4 is 28.3 Å². The van der Waals surface area contributed by atoms with Gasteiger partial charge in [-0.2, -0.15) is 0 Å². The van der Waals surface area contributed by atoms with Crippen molar-refractivity contribution in [2.75, 3.05) is 0 Å². The summed E-state index contributed by atoms with van der Waals surface area (Å²) in [5.74, 6) is 0. The Hall–Kier alpha value is -2.34. The quantitative estimate of drug-likeness (QED) is 0.721. The largest absolute Gasteiger partial charge is 0.435 e. The van der Waals surface area contributed by atoms with Gasteiger partial charge in [-0.05, 0) is 18.6 Å². The molecule has 0 saturated carbocycles. The van der Waals surface area contributed by atoms with Gasteiger partial charge >= 0.3 is 6.09 Å². The summed E-state index contributed by atoms with van der Waals surface area (Å²) in [6, 6.07) is 8.08. The number of nitrogens with one attached hydrogen (secondary N) is 1. The van der Waals surface area contributed by atoms with E-state index >= 15 is 0 Å². The van der Waals surface area contributed by atoms with Crippen LogP contribution in [0.15, 0.2) is 35.8 Å². The number of thiazole rings is 1. The monoisotopic (exact) mass is 357 g/mol. The SMILES string of the molecule is Cc1csc([C@@](Cc2c[nH]c3ccccc23)(OC(N)=O)C(C)(C)C)n1. The minimum Gasteiger partial charge on any atom is -0.435 e. The van der Waals surface area contributed by atoms with E-state index in [9.17, 15) is 4.79 Å². The number of rotatable bonds is 4. The number of carbonyl (C=O) groups excluding carboxylic acids is 1. The first-order chi connectivity index (χ1) is 11.7. The Morgan fingerprint density at radius 1 is 1.32 bits per heavy atom. The molecule has 0 unspecified atom stereocenters. The van der Waals surface area contributed by atoms with E-state index in [-0.39, 0.29) is 0 Å². The van der Waals surface area contributed by atoms with Crippen molar-refractivity contribution in [3.8, 4) is 0 Å². The van der Waals surface area contributed by atoms with Crippen LogP contribution < -0.4 is 5.73 Å². The Labute approximate surface area is 151 Å². The second-order valence-electron chi connectivity index (χ2n) is 7.33. The van der Waals surface area contributed by atoms with Gasteiger partial charge in [0.15, 0.2) is 5.60 Å². The van der Waals surface area contributed by atoms with E-state index in [1.54, 1.807) is 0 Å². The van der Waals surface area contributed by atoms with Crippen molar-refractivity contribution in [1.82, 2.24) is 9.97 Å². The molecule has 3 rings (SSSR count). The molecule has 0 aliphatic heterocycles. The molecule has 5 nitrogen and oxygen atoms in total. The minimum absolute atomic E-state index is 0.398. The molecule has 3 N–H and O–H groups in total. The van der Waals surface area contributed by atoms with E-state index in [1.807, 2.05) is 57.5 Å². The number of fused-ring (bicyclic) bond motifs is 1. The summed E-state index contributed by atoms with van der Waals surface area (Å²) < 4.78 is 5.80. The number of carbonyl (C=O) groups is 1. The molecular weight excluding hydrogens is 334 g/mol. The Morgan fingerprint density at radius 3 is 2.64 bits per heavy atom. The third kappa shape index (κ3) is 3.14. The lowest BCUT2D eigenvalue weighted by Gasteiger charge is -2.42. The molecule has 0 fully saturated rings. The highest BCUT2D eigenvalue weighted by Crippen LogP contribution is 2.47. The molecule has 1 aromatic carbocycles. The van der Waals surface area contributed by atoms with Crippen molar-refractivity contribution < 1.29 is 9.53 Å². The average Bonchev–Trinajstić information content (AvgIpc) is 3.12. The zero-order valence-electron chi connectivity index (χ0n) is 14.9. The van der Waals surface area contributed by atoms with E-state index in [4.69, 9.17) is 10.5 Å². The fourth-order valence-electron chi connectivity index (χ4n) is 3.15. The lowest BCUT2D eigenvalue weighted by Crippen LogP contribution is -2.47. The number of nitrogens with two attached hydrogens (primary N) is 1. The van der Waals surface area contributed by atoms with E-state index in [0.717, 1.165) is 27.2 Å². The molecule has 6 heteroatoms. The first-order valence-corrected chi connectivity index (χ1v) is 9.07. The molecular formula is C19H23N3O2S. The van der Waals surface area contributed by atoms with E-state index < -0.39 is 17.1 Å². The summed E-state index contributed by atoms with van der Waals surface area (Å²) in [7, 11) is 0. The van der Waals surface area contributed by atoms with Gasteiger partial charge in [-0.1, -0.05) is 39.0 Å². The van der Waals surface area contributed by atoms with Crippen LogP contribution in [0.5, 0.6) is 0 Å². The number of hydrogen-bond donors (Lipinski definition) is 2. The summed E-state index contributed by atoms with van der Waals surface area (Å²) in [6.07, 6.45) is 1.68. The van der Waals surface area contributed by atoms with Gasteiger partial charge in [-0.3, -0.25) is 0 Å². The van der Waals surface area contributed by atoms with E-state index in [2.05, 4.69) is 16.0 Å². The standard InChI is InChI=1S/C19H23N3O2S/c1-12-11-25-16(22-12)19(18(2,3)4,24-17(20)23)9-13-10-21-15-8-6-5-7-14(13)15/h5-8,10-11,21H,9H2,1-4H3,(H2,20,23)/t19-/m1/s1. The predicted molar refractivity (Wildman–Crippen MR) is 101 cm³/mol. The number of H-pyrrole nitrogens is 1. The number of aromatic nitrogens is 2. The molecule has 2 heterocycles. The number of para-hydroxylation sites is 1. The number of ether oxygens (including phenoxy) is 1. The van der Waals surface area contributed by atoms with Crippen LogP contribution in [0.25, 0.3) is 10.9 Å². The molecule has 132 valence electrons. The number of hydrogen-bond acceptors (Lipinski definition) is 4. The zero-order chi connectivity index (χ0) is 18.2. The molecule has 0 bridgehead atoms. The Morgan fingerprint density at radius 2 is 2.04 bits per heavy atom. The Kier molecular flexibility index (Phi) is 4.33. The molecule has 1 atom stereocenters. The highest BCUT2D eigenvalue weighted by molar-refractivity contribution is 7.09. The third-order valence-corrected chi connectivity index (χ3v) is 5.67. The maximum Gasteiger partial charge on any atom is 0.405 e. The highest BCUT2D eigenvalue weighted by atomic mass is 32.1. The van der Waals surface area contributed by atoms with Crippen LogP contribution in [0.2, 0.25) is 0 Å². The van der Waals surface area contributed by atoms with Crippen LogP contribution in [0.3, 0.4) is 0 Å².